The summed E-state index contributed by atoms with van der Waals surface area (Å²) in [6.45, 7) is 27.8. The van der Waals surface area contributed by atoms with E-state index in [1.807, 2.05) is 0 Å². The number of hydrogen-bond donors (Lipinski definition) is 0. The number of hydrogen-bond acceptors (Lipinski definition) is 0. The van der Waals surface area contributed by atoms with Crippen LogP contribution >= 0.6 is 0 Å². The van der Waals surface area contributed by atoms with E-state index in [1.165, 1.54) is 120 Å². The van der Waals surface area contributed by atoms with E-state index in [0.29, 0.717) is 0 Å². The minimum Gasteiger partial charge on any atom is -0.309 e. The Morgan fingerprint density at radius 1 is 0.240 bits per heavy atom. The van der Waals surface area contributed by atoms with Crippen molar-refractivity contribution in [1.29, 1.82) is 0 Å². The van der Waals surface area contributed by atoms with Crippen molar-refractivity contribution in [2.45, 2.75) is 105 Å². The molecule has 3 aromatic heterocycles. The standard InChI is InChI=1S/C72H67N3/c1-69(2,3)45-24-33-63-58(38-45)59-39-46(70(4,5)6)25-34-64(59)73(63)49-28-30-56-57-31-29-50(74-65-35-26-47(71(7,8)9)40-60(65)61-41-48(72(10,11)12)27-36-66(61)74)43-68(57)75(67(56)42-49)62-37-32-54(53-21-15-16-22-55(53)62)52-23-17-19-44-18-13-14-20-51(44)52/h13-43H,1-12H3. The molecular formula is C72H67N3. The van der Waals surface area contributed by atoms with Crippen molar-refractivity contribution in [3.05, 3.63) is 210 Å². The molecule has 0 radical (unpaired) electrons. The third kappa shape index (κ3) is 7.44. The number of fused-ring (bicyclic) bond motifs is 11. The Balaban J connectivity index is 1.12. The Bertz CT molecular complexity index is 4140. The van der Waals surface area contributed by atoms with Crippen LogP contribution in [0.25, 0.3) is 115 Å². The average Bonchev–Trinajstić information content (AvgIpc) is 4.03. The van der Waals surface area contributed by atoms with Crippen LogP contribution in [0.3, 0.4) is 0 Å². The van der Waals surface area contributed by atoms with Gasteiger partial charge in [-0.25, -0.2) is 0 Å². The molecule has 3 heteroatoms. The molecule has 370 valence electrons. The van der Waals surface area contributed by atoms with E-state index in [2.05, 4.69) is 285 Å². The maximum absolute atomic E-state index is 2.57. The van der Waals surface area contributed by atoms with Crippen molar-refractivity contribution < 1.29 is 0 Å². The van der Waals surface area contributed by atoms with Crippen LogP contribution in [0.2, 0.25) is 0 Å². The zero-order valence-corrected chi connectivity index (χ0v) is 45.7. The van der Waals surface area contributed by atoms with Gasteiger partial charge in [0.1, 0.15) is 0 Å². The molecule has 13 rings (SSSR count). The summed E-state index contributed by atoms with van der Waals surface area (Å²) in [4.78, 5) is 0. The predicted molar refractivity (Wildman–Crippen MR) is 325 cm³/mol. The highest BCUT2D eigenvalue weighted by molar-refractivity contribution is 6.16. The summed E-state index contributed by atoms with van der Waals surface area (Å²) in [7, 11) is 0. The maximum Gasteiger partial charge on any atom is 0.0562 e. The summed E-state index contributed by atoms with van der Waals surface area (Å²) in [5.41, 5.74) is 18.5. The first-order chi connectivity index (χ1) is 35.7. The van der Waals surface area contributed by atoms with Crippen LogP contribution in [-0.2, 0) is 21.7 Å². The van der Waals surface area contributed by atoms with Crippen molar-refractivity contribution in [2.24, 2.45) is 0 Å². The third-order valence-electron chi connectivity index (χ3n) is 16.5. The Hall–Kier alpha value is -7.88. The second-order valence-electron chi connectivity index (χ2n) is 25.5. The molecule has 3 nitrogen and oxygen atoms in total. The summed E-state index contributed by atoms with van der Waals surface area (Å²) < 4.78 is 7.58. The van der Waals surface area contributed by atoms with Crippen LogP contribution in [0.15, 0.2) is 188 Å². The van der Waals surface area contributed by atoms with E-state index in [4.69, 9.17) is 0 Å². The van der Waals surface area contributed by atoms with Gasteiger partial charge in [-0.1, -0.05) is 192 Å². The van der Waals surface area contributed by atoms with Gasteiger partial charge >= 0.3 is 0 Å². The second-order valence-corrected chi connectivity index (χ2v) is 25.5. The Morgan fingerprint density at radius 2 is 0.613 bits per heavy atom. The van der Waals surface area contributed by atoms with Gasteiger partial charge < -0.3 is 13.7 Å². The molecular weight excluding hydrogens is 907 g/mol. The van der Waals surface area contributed by atoms with Crippen LogP contribution < -0.4 is 0 Å². The fraction of sp³-hybridized carbons (Fsp3) is 0.222. The number of rotatable bonds is 4. The highest BCUT2D eigenvalue weighted by Crippen LogP contribution is 2.45. The smallest absolute Gasteiger partial charge is 0.0562 e. The van der Waals surface area contributed by atoms with E-state index in [-0.39, 0.29) is 21.7 Å². The lowest BCUT2D eigenvalue weighted by Gasteiger charge is -2.19. The molecule has 0 aliphatic rings. The lowest BCUT2D eigenvalue weighted by Crippen LogP contribution is -2.10. The molecule has 0 aliphatic carbocycles. The van der Waals surface area contributed by atoms with Crippen molar-refractivity contribution in [1.82, 2.24) is 13.7 Å². The van der Waals surface area contributed by atoms with E-state index < -0.39 is 0 Å². The molecule has 0 aliphatic heterocycles. The Morgan fingerprint density at radius 3 is 1.04 bits per heavy atom. The Labute approximate surface area is 441 Å². The van der Waals surface area contributed by atoms with Crippen LogP contribution in [0.5, 0.6) is 0 Å². The SMILES string of the molecule is CC(C)(C)c1ccc2c(c1)c1cc(C(C)(C)C)ccc1n2-c1ccc2c3ccc(-n4c5ccc(C(C)(C)C)cc5c5cc(C(C)(C)C)ccc54)cc3n(-c3ccc(-c4cccc5ccccc45)c4ccccc34)c2c1. The van der Waals surface area contributed by atoms with E-state index >= 15 is 0 Å². The second kappa shape index (κ2) is 16.3. The van der Waals surface area contributed by atoms with Crippen LogP contribution in [-0.4, -0.2) is 13.7 Å². The van der Waals surface area contributed by atoms with Gasteiger partial charge in [0.25, 0.3) is 0 Å². The summed E-state index contributed by atoms with van der Waals surface area (Å²) in [5, 5.41) is 12.5. The first kappa shape index (κ1) is 46.9. The zero-order valence-electron chi connectivity index (χ0n) is 45.7. The van der Waals surface area contributed by atoms with Crippen LogP contribution in [0, 0.1) is 0 Å². The molecule has 0 saturated carbocycles. The Kier molecular flexibility index (Phi) is 10.2. The molecule has 0 amide bonds. The molecule has 0 atom stereocenters. The van der Waals surface area contributed by atoms with Crippen molar-refractivity contribution in [3.63, 3.8) is 0 Å². The summed E-state index contributed by atoms with van der Waals surface area (Å²) >= 11 is 0. The largest absolute Gasteiger partial charge is 0.309 e. The van der Waals surface area contributed by atoms with E-state index in [0.717, 1.165) is 17.1 Å². The molecule has 75 heavy (non-hydrogen) atoms. The van der Waals surface area contributed by atoms with Crippen LogP contribution in [0.4, 0.5) is 0 Å². The highest BCUT2D eigenvalue weighted by Gasteiger charge is 2.25. The van der Waals surface area contributed by atoms with Gasteiger partial charge in [0.05, 0.1) is 38.8 Å². The first-order valence-corrected chi connectivity index (χ1v) is 27.0. The molecule has 13 aromatic rings. The first-order valence-electron chi connectivity index (χ1n) is 27.0. The number of nitrogens with zero attached hydrogens (tertiary/aromatic N) is 3. The van der Waals surface area contributed by atoms with E-state index in [9.17, 15) is 0 Å². The lowest BCUT2D eigenvalue weighted by molar-refractivity contribution is 0.590. The van der Waals surface area contributed by atoms with E-state index in [1.54, 1.807) is 0 Å². The predicted octanol–water partition coefficient (Wildman–Crippen LogP) is 20.1. The quantitative estimate of drug-likeness (QED) is 0.167. The third-order valence-corrected chi connectivity index (χ3v) is 16.5. The molecule has 0 spiro atoms. The van der Waals surface area contributed by atoms with Gasteiger partial charge in [-0.2, -0.15) is 0 Å². The summed E-state index contributed by atoms with van der Waals surface area (Å²) in [6, 6.07) is 72.2. The molecule has 0 unspecified atom stereocenters. The van der Waals surface area contributed by atoms with Crippen molar-refractivity contribution in [3.8, 4) is 28.2 Å². The molecule has 3 heterocycles. The molecule has 10 aromatic carbocycles. The van der Waals surface area contributed by atoms with Gasteiger partial charge in [-0.15, -0.1) is 0 Å². The van der Waals surface area contributed by atoms with Crippen molar-refractivity contribution >= 4 is 87.0 Å². The fourth-order valence-electron chi connectivity index (χ4n) is 12.2. The highest BCUT2D eigenvalue weighted by atomic mass is 15.0. The number of aromatic nitrogens is 3. The normalized spacial score (nSPS) is 13.1. The van der Waals surface area contributed by atoms with Gasteiger partial charge in [-0.3, -0.25) is 0 Å². The molecule has 0 N–H and O–H groups in total. The topological polar surface area (TPSA) is 14.8 Å². The lowest BCUT2D eigenvalue weighted by atomic mass is 9.85. The van der Waals surface area contributed by atoms with Crippen LogP contribution in [0.1, 0.15) is 105 Å². The van der Waals surface area contributed by atoms with Gasteiger partial charge in [-0.05, 0) is 150 Å². The zero-order chi connectivity index (χ0) is 52.1. The minimum atomic E-state index is 0.0127. The average molecular weight is 974 g/mol. The van der Waals surface area contributed by atoms with Crippen molar-refractivity contribution in [2.75, 3.05) is 0 Å². The maximum atomic E-state index is 2.57. The number of benzene rings is 10. The summed E-state index contributed by atoms with van der Waals surface area (Å²) in [6.07, 6.45) is 0. The molecule has 0 saturated heterocycles. The monoisotopic (exact) mass is 974 g/mol. The summed E-state index contributed by atoms with van der Waals surface area (Å²) in [5.74, 6) is 0. The van der Waals surface area contributed by atoms with Gasteiger partial charge in [0.15, 0.2) is 0 Å². The fourth-order valence-corrected chi connectivity index (χ4v) is 12.2. The molecule has 0 fully saturated rings. The van der Waals surface area contributed by atoms with Gasteiger partial charge in [0.2, 0.25) is 0 Å². The van der Waals surface area contributed by atoms with Gasteiger partial charge in [0, 0.05) is 49.1 Å². The minimum absolute atomic E-state index is 0.0127. The molecule has 0 bridgehead atoms.